The molecule has 0 aliphatic rings. The second-order valence-electron chi connectivity index (χ2n) is 4.87. The Labute approximate surface area is 134 Å². The van der Waals surface area contributed by atoms with E-state index in [4.69, 9.17) is 5.11 Å². The van der Waals surface area contributed by atoms with Crippen LogP contribution in [0.1, 0.15) is 27.0 Å². The minimum Gasteiger partial charge on any atom is -0.478 e. The minimum absolute atomic E-state index is 0.211. The summed E-state index contributed by atoms with van der Waals surface area (Å²) in [6, 6.07) is 10.7. The lowest BCUT2D eigenvalue weighted by atomic mass is 10.1. The topological polar surface area (TPSA) is 54.4 Å². The molecule has 2 aromatic carbocycles. The van der Waals surface area contributed by atoms with Crippen molar-refractivity contribution in [3.8, 4) is 0 Å². The lowest BCUT2D eigenvalue weighted by Gasteiger charge is -2.09. The Bertz CT molecular complexity index is 725. The van der Waals surface area contributed by atoms with Gasteiger partial charge in [0.15, 0.2) is 0 Å². The second-order valence-corrected chi connectivity index (χ2v) is 7.14. The number of rotatable bonds is 4. The molecular weight excluding hydrogens is 352 g/mol. The molecule has 0 spiro atoms. The summed E-state index contributed by atoms with van der Waals surface area (Å²) >= 11 is 3.35. The van der Waals surface area contributed by atoms with Crippen LogP contribution in [0.25, 0.3) is 0 Å². The van der Waals surface area contributed by atoms with Gasteiger partial charge in [0.1, 0.15) is 0 Å². The van der Waals surface area contributed by atoms with Crippen LogP contribution in [-0.2, 0) is 16.6 Å². The van der Waals surface area contributed by atoms with Crippen molar-refractivity contribution in [2.75, 3.05) is 0 Å². The Hall–Kier alpha value is -1.46. The van der Waals surface area contributed by atoms with E-state index in [0.717, 1.165) is 21.6 Å². The number of benzene rings is 2. The fourth-order valence-corrected chi connectivity index (χ4v) is 4.11. The normalized spacial score (nSPS) is 12.1. The van der Waals surface area contributed by atoms with Crippen molar-refractivity contribution < 1.29 is 14.1 Å². The van der Waals surface area contributed by atoms with Crippen molar-refractivity contribution in [2.24, 2.45) is 0 Å². The van der Waals surface area contributed by atoms with Crippen LogP contribution >= 0.6 is 15.9 Å². The van der Waals surface area contributed by atoms with Gasteiger partial charge in [-0.15, -0.1) is 0 Å². The molecule has 0 amide bonds. The molecule has 0 radical (unpaired) electrons. The standard InChI is InChI=1S/C16H15BrO3S/c1-10-3-4-11(2)15(7-10)21(20)9-13-6-5-12(16(18)19)8-14(13)17/h3-8H,9H2,1-2H3,(H,18,19). The fraction of sp³-hybridized carbons (Fsp3) is 0.188. The third-order valence-corrected chi connectivity index (χ3v) is 5.42. The first-order chi connectivity index (χ1) is 9.88. The van der Waals surface area contributed by atoms with Gasteiger partial charge >= 0.3 is 5.97 Å². The van der Waals surface area contributed by atoms with Gasteiger partial charge in [0.2, 0.25) is 0 Å². The molecule has 0 heterocycles. The van der Waals surface area contributed by atoms with Crippen LogP contribution in [0, 0.1) is 13.8 Å². The third-order valence-electron chi connectivity index (χ3n) is 3.18. The highest BCUT2D eigenvalue weighted by atomic mass is 79.9. The highest BCUT2D eigenvalue weighted by molar-refractivity contribution is 9.10. The number of halogens is 1. The highest BCUT2D eigenvalue weighted by Crippen LogP contribution is 2.24. The van der Waals surface area contributed by atoms with E-state index in [2.05, 4.69) is 15.9 Å². The van der Waals surface area contributed by atoms with Gasteiger partial charge in [0.25, 0.3) is 0 Å². The first-order valence-electron chi connectivity index (χ1n) is 6.36. The van der Waals surface area contributed by atoms with Gasteiger partial charge in [0, 0.05) is 9.37 Å². The van der Waals surface area contributed by atoms with E-state index in [-0.39, 0.29) is 5.56 Å². The molecule has 1 unspecified atom stereocenters. The third kappa shape index (κ3) is 3.80. The Morgan fingerprint density at radius 1 is 1.19 bits per heavy atom. The summed E-state index contributed by atoms with van der Waals surface area (Å²) in [4.78, 5) is 11.7. The van der Waals surface area contributed by atoms with Crippen molar-refractivity contribution in [3.05, 3.63) is 63.1 Å². The molecular formula is C16H15BrO3S. The molecule has 110 valence electrons. The zero-order chi connectivity index (χ0) is 15.6. The van der Waals surface area contributed by atoms with Gasteiger partial charge in [0.05, 0.1) is 22.1 Å². The number of carboxylic acids is 1. The van der Waals surface area contributed by atoms with Gasteiger partial charge in [-0.25, -0.2) is 4.79 Å². The Balaban J connectivity index is 2.27. The highest BCUT2D eigenvalue weighted by Gasteiger charge is 2.12. The van der Waals surface area contributed by atoms with E-state index in [1.165, 1.54) is 12.1 Å². The predicted octanol–water partition coefficient (Wildman–Crippen LogP) is 4.07. The average Bonchev–Trinajstić information content (AvgIpc) is 2.43. The van der Waals surface area contributed by atoms with Gasteiger partial charge < -0.3 is 5.11 Å². The first-order valence-corrected chi connectivity index (χ1v) is 8.47. The Morgan fingerprint density at radius 2 is 1.90 bits per heavy atom. The molecule has 0 saturated heterocycles. The zero-order valence-electron chi connectivity index (χ0n) is 11.7. The first kappa shape index (κ1) is 15.9. The molecule has 0 saturated carbocycles. The monoisotopic (exact) mass is 366 g/mol. The maximum Gasteiger partial charge on any atom is 0.335 e. The quantitative estimate of drug-likeness (QED) is 0.886. The van der Waals surface area contributed by atoms with E-state index in [1.807, 2.05) is 32.0 Å². The Kier molecular flexibility index (Phi) is 4.96. The van der Waals surface area contributed by atoms with E-state index in [1.54, 1.807) is 6.07 Å². The van der Waals surface area contributed by atoms with Crippen LogP contribution < -0.4 is 0 Å². The van der Waals surface area contributed by atoms with Crippen LogP contribution in [0.15, 0.2) is 45.8 Å². The van der Waals surface area contributed by atoms with Crippen molar-refractivity contribution >= 4 is 32.7 Å². The molecule has 0 aliphatic carbocycles. The molecule has 2 aromatic rings. The summed E-state index contributed by atoms with van der Waals surface area (Å²) < 4.78 is 13.2. The minimum atomic E-state index is -1.16. The molecule has 2 rings (SSSR count). The van der Waals surface area contributed by atoms with Gasteiger partial charge in [-0.1, -0.05) is 34.1 Å². The fourth-order valence-electron chi connectivity index (χ4n) is 1.97. The molecule has 5 heteroatoms. The Morgan fingerprint density at radius 3 is 2.52 bits per heavy atom. The zero-order valence-corrected chi connectivity index (χ0v) is 14.1. The number of aromatic carboxylic acids is 1. The summed E-state index contributed by atoms with van der Waals surface area (Å²) in [7, 11) is -1.16. The number of hydrogen-bond acceptors (Lipinski definition) is 2. The van der Waals surface area contributed by atoms with E-state index in [0.29, 0.717) is 10.2 Å². The molecule has 0 fully saturated rings. The van der Waals surface area contributed by atoms with E-state index in [9.17, 15) is 9.00 Å². The van der Waals surface area contributed by atoms with Crippen LogP contribution in [0.4, 0.5) is 0 Å². The number of carboxylic acid groups (broad SMARTS) is 1. The molecule has 3 nitrogen and oxygen atoms in total. The molecule has 21 heavy (non-hydrogen) atoms. The van der Waals surface area contributed by atoms with Crippen molar-refractivity contribution in [1.29, 1.82) is 0 Å². The maximum absolute atomic E-state index is 12.5. The SMILES string of the molecule is Cc1ccc(C)c(S(=O)Cc2ccc(C(=O)O)cc2Br)c1. The second kappa shape index (κ2) is 6.54. The molecule has 1 atom stereocenters. The summed E-state index contributed by atoms with van der Waals surface area (Å²) in [6.07, 6.45) is 0. The number of carbonyl (C=O) groups is 1. The van der Waals surface area contributed by atoms with E-state index < -0.39 is 16.8 Å². The van der Waals surface area contributed by atoms with Crippen molar-refractivity contribution in [3.63, 3.8) is 0 Å². The van der Waals surface area contributed by atoms with E-state index >= 15 is 0 Å². The van der Waals surface area contributed by atoms with Gasteiger partial charge in [-0.05, 0) is 48.7 Å². The lowest BCUT2D eigenvalue weighted by molar-refractivity contribution is 0.0697. The summed E-state index contributed by atoms with van der Waals surface area (Å²) in [5.41, 5.74) is 3.11. The molecule has 0 aromatic heterocycles. The van der Waals surface area contributed by atoms with Crippen LogP contribution in [0.5, 0.6) is 0 Å². The smallest absolute Gasteiger partial charge is 0.335 e. The van der Waals surface area contributed by atoms with Gasteiger partial charge in [-0.2, -0.15) is 0 Å². The van der Waals surface area contributed by atoms with Gasteiger partial charge in [-0.3, -0.25) is 4.21 Å². The average molecular weight is 367 g/mol. The predicted molar refractivity (Wildman–Crippen MR) is 87.1 cm³/mol. The number of hydrogen-bond donors (Lipinski definition) is 1. The maximum atomic E-state index is 12.5. The molecule has 0 bridgehead atoms. The summed E-state index contributed by atoms with van der Waals surface area (Å²) in [6.45, 7) is 3.91. The molecule has 1 N–H and O–H groups in total. The number of aryl methyl sites for hydroxylation is 2. The summed E-state index contributed by atoms with van der Waals surface area (Å²) in [5.74, 6) is -0.622. The van der Waals surface area contributed by atoms with Crippen LogP contribution in [-0.4, -0.2) is 15.3 Å². The largest absolute Gasteiger partial charge is 0.478 e. The molecule has 0 aliphatic heterocycles. The van der Waals surface area contributed by atoms with Crippen molar-refractivity contribution in [1.82, 2.24) is 0 Å². The lowest BCUT2D eigenvalue weighted by Crippen LogP contribution is -2.02. The van der Waals surface area contributed by atoms with Crippen LogP contribution in [0.3, 0.4) is 0 Å². The summed E-state index contributed by atoms with van der Waals surface area (Å²) in [5, 5.41) is 8.95. The van der Waals surface area contributed by atoms with Crippen molar-refractivity contribution in [2.45, 2.75) is 24.5 Å². The van der Waals surface area contributed by atoms with Crippen LogP contribution in [0.2, 0.25) is 0 Å².